The van der Waals surface area contributed by atoms with Crippen LogP contribution in [0.2, 0.25) is 5.02 Å². The van der Waals surface area contributed by atoms with Gasteiger partial charge in [-0.25, -0.2) is 14.4 Å². The molecule has 0 fully saturated rings. The molecule has 0 radical (unpaired) electrons. The molecule has 0 bridgehead atoms. The maximum atomic E-state index is 13.2. The van der Waals surface area contributed by atoms with Crippen molar-refractivity contribution >= 4 is 40.4 Å². The molecule has 0 N–H and O–H groups in total. The fraction of sp³-hybridized carbons (Fsp3) is 0.0556. The third kappa shape index (κ3) is 3.26. The second kappa shape index (κ2) is 6.83. The van der Waals surface area contributed by atoms with E-state index in [9.17, 15) is 4.39 Å². The summed E-state index contributed by atoms with van der Waals surface area (Å²) in [6, 6.07) is 15.0. The van der Waals surface area contributed by atoms with Crippen molar-refractivity contribution in [1.82, 2.24) is 19.6 Å². The zero-order valence-corrected chi connectivity index (χ0v) is 15.3. The number of nitrogens with zero attached hydrogens (tertiary/aromatic N) is 4. The van der Waals surface area contributed by atoms with Crippen molar-refractivity contribution in [3.63, 3.8) is 0 Å². The number of halogens is 4. The topological polar surface area (TPSA) is 43.1 Å². The van der Waals surface area contributed by atoms with Gasteiger partial charge in [-0.15, -0.1) is 0 Å². The van der Waals surface area contributed by atoms with E-state index in [0.717, 1.165) is 11.1 Å². The molecule has 8 heteroatoms. The second-order valence-corrected chi connectivity index (χ2v) is 7.05. The van der Waals surface area contributed by atoms with Gasteiger partial charge in [-0.1, -0.05) is 34.8 Å². The zero-order valence-electron chi connectivity index (χ0n) is 13.1. The van der Waals surface area contributed by atoms with Gasteiger partial charge in [-0.3, -0.25) is 0 Å². The van der Waals surface area contributed by atoms with Gasteiger partial charge < -0.3 is 0 Å². The lowest BCUT2D eigenvalue weighted by molar-refractivity contribution is 0.628. The minimum absolute atomic E-state index is 0.274. The summed E-state index contributed by atoms with van der Waals surface area (Å²) in [6.45, 7) is 0. The summed E-state index contributed by atoms with van der Waals surface area (Å²) < 4.78 is 14.8. The van der Waals surface area contributed by atoms with Crippen molar-refractivity contribution in [1.29, 1.82) is 0 Å². The molecule has 0 saturated heterocycles. The molecule has 4 nitrogen and oxygen atoms in total. The molecule has 0 amide bonds. The highest BCUT2D eigenvalue weighted by molar-refractivity contribution is 6.43. The highest BCUT2D eigenvalue weighted by Gasteiger charge is 2.17. The third-order valence-corrected chi connectivity index (χ3v) is 4.42. The monoisotopic (exact) mass is 406 g/mol. The van der Waals surface area contributed by atoms with Crippen LogP contribution in [0.25, 0.3) is 28.3 Å². The van der Waals surface area contributed by atoms with E-state index in [1.807, 2.05) is 12.1 Å². The minimum atomic E-state index is -0.879. The van der Waals surface area contributed by atoms with Crippen LogP contribution >= 0.6 is 34.8 Å². The standard InChI is InChI=1S/C18H10Cl3FN4/c19-12-5-1-11(2-6-12)18-24-17(16(20)21)23-15-9-14(25-26(15)18)10-3-7-13(22)8-4-10/h1-9,16H. The van der Waals surface area contributed by atoms with E-state index < -0.39 is 4.84 Å². The fourth-order valence-electron chi connectivity index (χ4n) is 2.55. The molecule has 4 rings (SSSR count). The molecule has 2 aromatic carbocycles. The Kier molecular flexibility index (Phi) is 4.53. The summed E-state index contributed by atoms with van der Waals surface area (Å²) in [5.74, 6) is 0.492. The maximum Gasteiger partial charge on any atom is 0.167 e. The molecular formula is C18H10Cl3FN4. The van der Waals surface area contributed by atoms with Gasteiger partial charge >= 0.3 is 0 Å². The first kappa shape index (κ1) is 17.2. The lowest BCUT2D eigenvalue weighted by Crippen LogP contribution is -2.04. The molecule has 0 aliphatic heterocycles. The summed E-state index contributed by atoms with van der Waals surface area (Å²) in [6.07, 6.45) is 0. The molecule has 0 aliphatic carbocycles. The van der Waals surface area contributed by atoms with E-state index in [0.29, 0.717) is 22.2 Å². The van der Waals surface area contributed by atoms with Gasteiger partial charge in [-0.05, 0) is 48.5 Å². The smallest absolute Gasteiger partial charge is 0.167 e. The van der Waals surface area contributed by atoms with Crippen LogP contribution in [0.1, 0.15) is 10.7 Å². The Morgan fingerprint density at radius 3 is 2.19 bits per heavy atom. The molecule has 130 valence electrons. The predicted molar refractivity (Wildman–Crippen MR) is 101 cm³/mol. The van der Waals surface area contributed by atoms with Gasteiger partial charge in [-0.2, -0.15) is 9.61 Å². The molecule has 0 saturated carbocycles. The molecule has 0 atom stereocenters. The van der Waals surface area contributed by atoms with Crippen LogP contribution in [0.5, 0.6) is 0 Å². The van der Waals surface area contributed by atoms with Crippen molar-refractivity contribution in [2.75, 3.05) is 0 Å². The van der Waals surface area contributed by atoms with E-state index >= 15 is 0 Å². The van der Waals surface area contributed by atoms with Crippen molar-refractivity contribution < 1.29 is 4.39 Å². The summed E-state index contributed by atoms with van der Waals surface area (Å²) in [5, 5.41) is 5.17. The van der Waals surface area contributed by atoms with Crippen molar-refractivity contribution in [2.24, 2.45) is 0 Å². The molecule has 0 aliphatic rings. The Hall–Kier alpha value is -2.21. The number of hydrogen-bond acceptors (Lipinski definition) is 3. The summed E-state index contributed by atoms with van der Waals surface area (Å²) >= 11 is 17.9. The quantitative estimate of drug-likeness (QED) is 0.407. The van der Waals surface area contributed by atoms with E-state index in [2.05, 4.69) is 15.1 Å². The van der Waals surface area contributed by atoms with Crippen molar-refractivity contribution in [3.8, 4) is 22.6 Å². The average molecular weight is 408 g/mol. The number of hydrogen-bond donors (Lipinski definition) is 0. The molecule has 26 heavy (non-hydrogen) atoms. The second-order valence-electron chi connectivity index (χ2n) is 5.52. The SMILES string of the molecule is Fc1ccc(-c2cc3nc(C(Cl)Cl)nc(-c4ccc(Cl)cc4)n3n2)cc1. The Bertz CT molecular complexity index is 1080. The largest absolute Gasteiger partial charge is 0.211 e. The Balaban J connectivity index is 1.94. The molecular weight excluding hydrogens is 398 g/mol. The lowest BCUT2D eigenvalue weighted by Gasteiger charge is -2.07. The van der Waals surface area contributed by atoms with Crippen LogP contribution in [0, 0.1) is 5.82 Å². The van der Waals surface area contributed by atoms with Gasteiger partial charge in [0, 0.05) is 22.2 Å². The van der Waals surface area contributed by atoms with E-state index in [1.54, 1.807) is 34.8 Å². The Labute approximate surface area is 163 Å². The average Bonchev–Trinajstić information content (AvgIpc) is 3.06. The molecule has 2 aromatic heterocycles. The first-order valence-electron chi connectivity index (χ1n) is 7.59. The first-order chi connectivity index (χ1) is 12.5. The molecule has 0 unspecified atom stereocenters. The summed E-state index contributed by atoms with van der Waals surface area (Å²) in [4.78, 5) is 7.93. The number of aromatic nitrogens is 4. The highest BCUT2D eigenvalue weighted by Crippen LogP contribution is 2.28. The fourth-order valence-corrected chi connectivity index (χ4v) is 2.87. The number of alkyl halides is 2. The van der Waals surface area contributed by atoms with Gasteiger partial charge in [0.15, 0.2) is 22.1 Å². The van der Waals surface area contributed by atoms with Crippen molar-refractivity contribution in [3.05, 3.63) is 71.3 Å². The van der Waals surface area contributed by atoms with Gasteiger partial charge in [0.1, 0.15) is 5.82 Å². The van der Waals surface area contributed by atoms with Gasteiger partial charge in [0.2, 0.25) is 0 Å². The van der Waals surface area contributed by atoms with Gasteiger partial charge in [0.25, 0.3) is 0 Å². The van der Waals surface area contributed by atoms with Crippen LogP contribution in [0.3, 0.4) is 0 Å². The van der Waals surface area contributed by atoms with E-state index in [-0.39, 0.29) is 11.6 Å². The lowest BCUT2D eigenvalue weighted by atomic mass is 10.1. The molecule has 4 aromatic rings. The summed E-state index contributed by atoms with van der Waals surface area (Å²) in [5.41, 5.74) is 2.71. The Morgan fingerprint density at radius 2 is 1.54 bits per heavy atom. The normalized spacial score (nSPS) is 11.4. The van der Waals surface area contributed by atoms with E-state index in [4.69, 9.17) is 34.8 Å². The predicted octanol–water partition coefficient (Wildman–Crippen LogP) is 5.73. The van der Waals surface area contributed by atoms with Crippen LogP contribution in [-0.4, -0.2) is 19.6 Å². The first-order valence-corrected chi connectivity index (χ1v) is 8.84. The third-order valence-electron chi connectivity index (χ3n) is 3.78. The van der Waals surface area contributed by atoms with Gasteiger partial charge in [0.05, 0.1) is 5.69 Å². The van der Waals surface area contributed by atoms with Crippen LogP contribution in [0.4, 0.5) is 4.39 Å². The van der Waals surface area contributed by atoms with Crippen LogP contribution in [-0.2, 0) is 0 Å². The highest BCUT2D eigenvalue weighted by atomic mass is 35.5. The van der Waals surface area contributed by atoms with Crippen molar-refractivity contribution in [2.45, 2.75) is 4.84 Å². The Morgan fingerprint density at radius 1 is 0.885 bits per heavy atom. The van der Waals surface area contributed by atoms with E-state index in [1.165, 1.54) is 12.1 Å². The zero-order chi connectivity index (χ0) is 18.3. The number of rotatable bonds is 3. The molecule has 0 spiro atoms. The minimum Gasteiger partial charge on any atom is -0.211 e. The number of fused-ring (bicyclic) bond motifs is 1. The maximum absolute atomic E-state index is 13.2. The van der Waals surface area contributed by atoms with Crippen LogP contribution in [0.15, 0.2) is 54.6 Å². The number of benzene rings is 2. The van der Waals surface area contributed by atoms with Crippen LogP contribution < -0.4 is 0 Å². The molecule has 2 heterocycles. The summed E-state index contributed by atoms with van der Waals surface area (Å²) in [7, 11) is 0.